The van der Waals surface area contributed by atoms with E-state index in [4.69, 9.17) is 14.2 Å². The highest BCUT2D eigenvalue weighted by Gasteiger charge is 2.34. The maximum absolute atomic E-state index is 12.9. The Hall–Kier alpha value is -5.38. The van der Waals surface area contributed by atoms with E-state index in [1.54, 1.807) is 24.3 Å². The van der Waals surface area contributed by atoms with Crippen LogP contribution >= 0.6 is 0 Å². The number of phenolic OH excluding ortho intramolecular Hbond substituents is 5. The van der Waals surface area contributed by atoms with E-state index in [-0.39, 0.29) is 70.0 Å². The van der Waals surface area contributed by atoms with Crippen LogP contribution < -0.4 is 14.2 Å². The average molecular weight is 542 g/mol. The molecule has 2 aliphatic rings. The van der Waals surface area contributed by atoms with E-state index < -0.39 is 29.5 Å². The molecule has 0 saturated carbocycles. The van der Waals surface area contributed by atoms with Gasteiger partial charge in [0.1, 0.15) is 57.8 Å². The minimum absolute atomic E-state index is 0.00323. The second-order valence-electron chi connectivity index (χ2n) is 9.51. The number of ether oxygens (including phenoxy) is 3. The maximum atomic E-state index is 12.9. The van der Waals surface area contributed by atoms with E-state index in [1.807, 2.05) is 0 Å². The van der Waals surface area contributed by atoms with Gasteiger partial charge in [-0.2, -0.15) is 0 Å². The lowest BCUT2D eigenvalue weighted by atomic mass is 9.95. The Kier molecular flexibility index (Phi) is 5.87. The van der Waals surface area contributed by atoms with Crippen LogP contribution in [0.25, 0.3) is 0 Å². The molecule has 0 radical (unpaired) electrons. The van der Waals surface area contributed by atoms with Crippen molar-refractivity contribution in [1.29, 1.82) is 0 Å². The second kappa shape index (κ2) is 9.42. The Morgan fingerprint density at radius 3 is 1.80 bits per heavy atom. The molecule has 2 atom stereocenters. The molecule has 202 valence electrons. The minimum atomic E-state index is -0.683. The number of carbonyl (C=O) groups excluding carboxylic acids is 2. The molecule has 6 rings (SSSR count). The summed E-state index contributed by atoms with van der Waals surface area (Å²) in [5, 5.41) is 50.7. The number of phenols is 5. The number of fused-ring (bicyclic) bond motifs is 2. The summed E-state index contributed by atoms with van der Waals surface area (Å²) >= 11 is 0. The molecule has 0 spiro atoms. The van der Waals surface area contributed by atoms with E-state index >= 15 is 0 Å². The fraction of sp³-hybridized carbons (Fsp3) is 0.133. The molecular formula is C30H22O10. The molecule has 0 amide bonds. The molecule has 0 aromatic heterocycles. The van der Waals surface area contributed by atoms with Crippen molar-refractivity contribution in [3.63, 3.8) is 0 Å². The zero-order valence-electron chi connectivity index (χ0n) is 20.7. The summed E-state index contributed by atoms with van der Waals surface area (Å²) in [7, 11) is 0. The molecule has 5 N–H and O–H groups in total. The normalized spacial score (nSPS) is 17.8. The summed E-state index contributed by atoms with van der Waals surface area (Å²) in [6.07, 6.45) is -1.45. The van der Waals surface area contributed by atoms with Gasteiger partial charge in [0.15, 0.2) is 23.1 Å². The Morgan fingerprint density at radius 2 is 1.18 bits per heavy atom. The van der Waals surface area contributed by atoms with Crippen molar-refractivity contribution in [2.45, 2.75) is 25.0 Å². The van der Waals surface area contributed by atoms with Crippen molar-refractivity contribution in [1.82, 2.24) is 0 Å². The third-order valence-corrected chi connectivity index (χ3v) is 6.84. The van der Waals surface area contributed by atoms with Crippen LogP contribution in [0.5, 0.6) is 51.7 Å². The van der Waals surface area contributed by atoms with E-state index in [1.165, 1.54) is 36.4 Å². The molecule has 0 saturated heterocycles. The molecule has 0 aliphatic carbocycles. The quantitative estimate of drug-likeness (QED) is 0.225. The van der Waals surface area contributed by atoms with Gasteiger partial charge < -0.3 is 39.7 Å². The number of carbonyl (C=O) groups is 2. The highest BCUT2D eigenvalue weighted by molar-refractivity contribution is 6.04. The third-order valence-electron chi connectivity index (χ3n) is 6.84. The maximum Gasteiger partial charge on any atom is 0.211 e. The molecule has 10 nitrogen and oxygen atoms in total. The molecule has 4 aromatic rings. The molecule has 0 fully saturated rings. The van der Waals surface area contributed by atoms with Crippen LogP contribution in [-0.4, -0.2) is 37.1 Å². The first-order valence-corrected chi connectivity index (χ1v) is 12.3. The summed E-state index contributed by atoms with van der Waals surface area (Å²) < 4.78 is 17.4. The van der Waals surface area contributed by atoms with Crippen molar-refractivity contribution in [2.75, 3.05) is 0 Å². The van der Waals surface area contributed by atoms with Crippen molar-refractivity contribution in [3.05, 3.63) is 89.0 Å². The lowest BCUT2D eigenvalue weighted by molar-refractivity contribution is 0.0833. The summed E-state index contributed by atoms with van der Waals surface area (Å²) in [5.74, 6) is -2.31. The van der Waals surface area contributed by atoms with Crippen LogP contribution in [-0.2, 0) is 0 Å². The highest BCUT2D eigenvalue weighted by Crippen LogP contribution is 2.50. The lowest BCUT2D eigenvalue weighted by Gasteiger charge is -2.27. The molecule has 2 heterocycles. The van der Waals surface area contributed by atoms with Gasteiger partial charge >= 0.3 is 0 Å². The first-order valence-electron chi connectivity index (χ1n) is 12.3. The Labute approximate surface area is 226 Å². The number of benzene rings is 4. The fourth-order valence-corrected chi connectivity index (χ4v) is 4.90. The smallest absolute Gasteiger partial charge is 0.211 e. The zero-order chi connectivity index (χ0) is 28.1. The van der Waals surface area contributed by atoms with Crippen molar-refractivity contribution in [2.24, 2.45) is 0 Å². The second-order valence-corrected chi connectivity index (χ2v) is 9.51. The van der Waals surface area contributed by atoms with Gasteiger partial charge in [-0.05, 0) is 35.4 Å². The van der Waals surface area contributed by atoms with Gasteiger partial charge in [0.25, 0.3) is 0 Å². The van der Waals surface area contributed by atoms with Gasteiger partial charge in [-0.3, -0.25) is 9.59 Å². The van der Waals surface area contributed by atoms with E-state index in [0.29, 0.717) is 11.1 Å². The number of aromatic hydroxyl groups is 5. The van der Waals surface area contributed by atoms with Gasteiger partial charge in [-0.15, -0.1) is 0 Å². The van der Waals surface area contributed by atoms with Crippen LogP contribution in [0.4, 0.5) is 0 Å². The number of hydrogen-bond acceptors (Lipinski definition) is 10. The number of hydrogen-bond donors (Lipinski definition) is 5. The first-order chi connectivity index (χ1) is 19.2. The number of rotatable bonds is 4. The number of Topliss-reactive ketones (excluding diaryl/α,β-unsaturated/α-hetero) is 2. The SMILES string of the molecule is O=C1C[C@@H](c2ccc(Oc3c(O)cc4c(c3O)C(=O)C[C@@H](c3ccc(O)cc3)O4)cc2)Oc2cc(O)cc(O)c21. The standard InChI is InChI=1S/C30H22O10/c31-16-5-1-14(2-6-16)24-12-21(35)28-26(40-24)13-22(36)30(29(28)37)38-18-7-3-15(4-8-18)23-11-20(34)27-19(33)9-17(32)10-25(27)39-23/h1-10,13,23-24,31-33,36-37H,11-12H2/t23-,24-/m0/s1. The topological polar surface area (TPSA) is 163 Å². The predicted molar refractivity (Wildman–Crippen MR) is 139 cm³/mol. The summed E-state index contributed by atoms with van der Waals surface area (Å²) in [6, 6.07) is 16.1. The molecule has 10 heteroatoms. The Morgan fingerprint density at radius 1 is 0.625 bits per heavy atom. The fourth-order valence-electron chi connectivity index (χ4n) is 4.90. The van der Waals surface area contributed by atoms with Gasteiger partial charge in [0, 0.05) is 18.2 Å². The number of ketones is 2. The molecule has 0 bridgehead atoms. The van der Waals surface area contributed by atoms with E-state index in [0.717, 1.165) is 6.07 Å². The van der Waals surface area contributed by atoms with Crippen LogP contribution in [0.2, 0.25) is 0 Å². The van der Waals surface area contributed by atoms with Gasteiger partial charge in [-0.1, -0.05) is 24.3 Å². The molecule has 40 heavy (non-hydrogen) atoms. The van der Waals surface area contributed by atoms with Gasteiger partial charge in [-0.25, -0.2) is 0 Å². The zero-order valence-corrected chi connectivity index (χ0v) is 20.7. The average Bonchev–Trinajstić information content (AvgIpc) is 2.90. The van der Waals surface area contributed by atoms with Crippen molar-refractivity contribution < 1.29 is 49.3 Å². The van der Waals surface area contributed by atoms with Crippen molar-refractivity contribution >= 4 is 11.6 Å². The highest BCUT2D eigenvalue weighted by atomic mass is 16.5. The summed E-state index contributed by atoms with van der Waals surface area (Å²) in [5.41, 5.74) is 1.16. The minimum Gasteiger partial charge on any atom is -0.508 e. The summed E-state index contributed by atoms with van der Waals surface area (Å²) in [6.45, 7) is 0. The van der Waals surface area contributed by atoms with Crippen molar-refractivity contribution in [3.8, 4) is 51.7 Å². The van der Waals surface area contributed by atoms with E-state index in [2.05, 4.69) is 0 Å². The molecule has 4 aromatic carbocycles. The summed E-state index contributed by atoms with van der Waals surface area (Å²) in [4.78, 5) is 25.5. The largest absolute Gasteiger partial charge is 0.508 e. The lowest BCUT2D eigenvalue weighted by Crippen LogP contribution is -2.20. The van der Waals surface area contributed by atoms with Gasteiger partial charge in [0.2, 0.25) is 5.75 Å². The molecular weight excluding hydrogens is 520 g/mol. The van der Waals surface area contributed by atoms with E-state index in [9.17, 15) is 35.1 Å². The van der Waals surface area contributed by atoms with Crippen LogP contribution in [0.3, 0.4) is 0 Å². The molecule has 2 aliphatic heterocycles. The molecule has 0 unspecified atom stereocenters. The van der Waals surface area contributed by atoms with Crippen LogP contribution in [0.15, 0.2) is 66.7 Å². The first kappa shape index (κ1) is 24.9. The monoisotopic (exact) mass is 542 g/mol. The van der Waals surface area contributed by atoms with Crippen LogP contribution in [0, 0.1) is 0 Å². The van der Waals surface area contributed by atoms with Gasteiger partial charge in [0.05, 0.1) is 12.8 Å². The Bertz CT molecular complexity index is 1660. The predicted octanol–water partition coefficient (Wildman–Crippen LogP) is 5.42. The Balaban J connectivity index is 1.22. The third kappa shape index (κ3) is 4.35. The van der Waals surface area contributed by atoms with Crippen LogP contribution in [0.1, 0.15) is 56.9 Å².